The maximum atomic E-state index is 12.3. The zero-order valence-corrected chi connectivity index (χ0v) is 13.5. The highest BCUT2D eigenvalue weighted by atomic mass is 16.5. The molecule has 1 aromatic rings. The van der Waals surface area contributed by atoms with E-state index in [0.29, 0.717) is 29.2 Å². The zero-order chi connectivity index (χ0) is 15.8. The van der Waals surface area contributed by atoms with Crippen LogP contribution in [0, 0.1) is 5.92 Å². The number of rotatable bonds is 4. The van der Waals surface area contributed by atoms with Crippen molar-refractivity contribution in [3.8, 4) is 5.75 Å². The van der Waals surface area contributed by atoms with Crippen LogP contribution in [0.2, 0.25) is 0 Å². The second-order valence-corrected chi connectivity index (χ2v) is 7.32. The summed E-state index contributed by atoms with van der Waals surface area (Å²) < 4.78 is 5.71. The summed E-state index contributed by atoms with van der Waals surface area (Å²) in [5.74, 6) is 1.02. The largest absolute Gasteiger partial charge is 0.507 e. The van der Waals surface area contributed by atoms with Crippen molar-refractivity contribution in [2.45, 2.75) is 63.0 Å². The van der Waals surface area contributed by atoms with E-state index < -0.39 is 0 Å². The fraction of sp³-hybridized carbons (Fsp3) is 0.632. The molecule has 4 heteroatoms. The van der Waals surface area contributed by atoms with Gasteiger partial charge in [-0.15, -0.1) is 0 Å². The van der Waals surface area contributed by atoms with Crippen molar-refractivity contribution in [3.05, 3.63) is 29.3 Å². The van der Waals surface area contributed by atoms with Gasteiger partial charge in [-0.3, -0.25) is 4.79 Å². The summed E-state index contributed by atoms with van der Waals surface area (Å²) >= 11 is 0. The van der Waals surface area contributed by atoms with Crippen molar-refractivity contribution >= 4 is 5.97 Å². The number of carbonyl (C=O) groups is 1. The fourth-order valence-corrected chi connectivity index (χ4v) is 4.64. The first-order valence-electron chi connectivity index (χ1n) is 8.96. The maximum absolute atomic E-state index is 12.3. The van der Waals surface area contributed by atoms with Gasteiger partial charge < -0.3 is 15.2 Å². The van der Waals surface area contributed by atoms with Crippen molar-refractivity contribution in [2.24, 2.45) is 5.92 Å². The molecule has 3 aliphatic rings. The standard InChI is InChI=1S/C19H25NO3/c21-17(23-19-14-8-9-16(19)20-11-14)10-13-6-3-7-15(18(13)22)12-4-1-2-5-12/h3,6-7,12,14,16,19-20,22H,1-2,4-5,8-11H2. The number of esters is 1. The van der Waals surface area contributed by atoms with Crippen LogP contribution in [0.1, 0.15) is 55.6 Å². The second-order valence-electron chi connectivity index (χ2n) is 7.32. The van der Waals surface area contributed by atoms with Gasteiger partial charge in [-0.1, -0.05) is 31.0 Å². The Bertz CT molecular complexity index is 574. The summed E-state index contributed by atoms with van der Waals surface area (Å²) in [6.07, 6.45) is 7.19. The van der Waals surface area contributed by atoms with Crippen LogP contribution in [0.4, 0.5) is 0 Å². The molecule has 2 bridgehead atoms. The molecule has 4 nitrogen and oxygen atoms in total. The van der Waals surface area contributed by atoms with E-state index in [2.05, 4.69) is 5.32 Å². The highest BCUT2D eigenvalue weighted by Gasteiger charge is 2.44. The first-order chi connectivity index (χ1) is 11.2. The molecule has 3 fully saturated rings. The molecule has 3 unspecified atom stereocenters. The Morgan fingerprint density at radius 2 is 2.04 bits per heavy atom. The van der Waals surface area contributed by atoms with Crippen LogP contribution in [-0.2, 0) is 16.0 Å². The molecular weight excluding hydrogens is 290 g/mol. The molecule has 3 atom stereocenters. The minimum atomic E-state index is -0.213. The van der Waals surface area contributed by atoms with Crippen molar-refractivity contribution in [2.75, 3.05) is 6.54 Å². The predicted molar refractivity (Wildman–Crippen MR) is 87.4 cm³/mol. The van der Waals surface area contributed by atoms with Crippen LogP contribution >= 0.6 is 0 Å². The van der Waals surface area contributed by atoms with Gasteiger partial charge >= 0.3 is 5.97 Å². The highest BCUT2D eigenvalue weighted by molar-refractivity contribution is 5.74. The molecule has 4 rings (SSSR count). The van der Waals surface area contributed by atoms with E-state index in [9.17, 15) is 9.90 Å². The molecule has 2 N–H and O–H groups in total. The number of aromatic hydroxyl groups is 1. The lowest BCUT2D eigenvalue weighted by Gasteiger charge is -2.17. The molecule has 2 aliphatic carbocycles. The first kappa shape index (κ1) is 15.0. The Morgan fingerprint density at radius 3 is 2.70 bits per heavy atom. The number of ether oxygens (including phenoxy) is 1. The molecular formula is C19H25NO3. The summed E-state index contributed by atoms with van der Waals surface area (Å²) in [5.41, 5.74) is 1.72. The van der Waals surface area contributed by atoms with Crippen molar-refractivity contribution in [1.29, 1.82) is 0 Å². The third-order valence-corrected chi connectivity index (χ3v) is 5.90. The van der Waals surface area contributed by atoms with E-state index in [1.807, 2.05) is 18.2 Å². The third-order valence-electron chi connectivity index (χ3n) is 5.90. The van der Waals surface area contributed by atoms with Crippen LogP contribution < -0.4 is 5.32 Å². The first-order valence-corrected chi connectivity index (χ1v) is 8.96. The molecule has 23 heavy (non-hydrogen) atoms. The Balaban J connectivity index is 1.44. The van der Waals surface area contributed by atoms with E-state index >= 15 is 0 Å². The van der Waals surface area contributed by atoms with E-state index in [0.717, 1.165) is 37.8 Å². The Morgan fingerprint density at radius 1 is 1.22 bits per heavy atom. The van der Waals surface area contributed by atoms with Gasteiger partial charge in [0.25, 0.3) is 0 Å². The van der Waals surface area contributed by atoms with E-state index in [1.165, 1.54) is 12.8 Å². The number of phenolic OH excluding ortho intramolecular Hbond substituents is 1. The fourth-order valence-electron chi connectivity index (χ4n) is 4.64. The SMILES string of the molecule is O=C(Cc1cccc(C2CCCC2)c1O)OC1C2CCC1NC2. The topological polar surface area (TPSA) is 58.6 Å². The zero-order valence-electron chi connectivity index (χ0n) is 13.5. The minimum absolute atomic E-state index is 0.0302. The quantitative estimate of drug-likeness (QED) is 0.839. The second kappa shape index (κ2) is 6.16. The molecule has 1 aliphatic heterocycles. The molecule has 124 valence electrons. The lowest BCUT2D eigenvalue weighted by Crippen LogP contribution is -2.31. The van der Waals surface area contributed by atoms with Crippen molar-refractivity contribution < 1.29 is 14.6 Å². The monoisotopic (exact) mass is 315 g/mol. The van der Waals surface area contributed by atoms with Gasteiger partial charge in [0.05, 0.1) is 6.42 Å². The molecule has 0 amide bonds. The Kier molecular flexibility index (Phi) is 4.02. The number of nitrogens with one attached hydrogen (secondary N) is 1. The number of carbonyl (C=O) groups excluding carboxylic acids is 1. The summed E-state index contributed by atoms with van der Waals surface area (Å²) in [4.78, 5) is 12.3. The van der Waals surface area contributed by atoms with Crippen LogP contribution in [0.15, 0.2) is 18.2 Å². The Hall–Kier alpha value is -1.55. The number of fused-ring (bicyclic) bond motifs is 2. The molecule has 1 aromatic carbocycles. The van der Waals surface area contributed by atoms with Crippen LogP contribution in [0.3, 0.4) is 0 Å². The highest BCUT2D eigenvalue weighted by Crippen LogP contribution is 2.40. The van der Waals surface area contributed by atoms with Gasteiger partial charge in [0, 0.05) is 24.1 Å². The van der Waals surface area contributed by atoms with Crippen LogP contribution in [0.25, 0.3) is 0 Å². The average Bonchev–Trinajstić information content (AvgIpc) is 3.28. The number of para-hydroxylation sites is 1. The van der Waals surface area contributed by atoms with E-state index in [-0.39, 0.29) is 18.5 Å². The number of phenols is 1. The normalized spacial score (nSPS) is 30.0. The van der Waals surface area contributed by atoms with E-state index in [1.54, 1.807) is 0 Å². The molecule has 0 aromatic heterocycles. The number of hydrogen-bond donors (Lipinski definition) is 2. The lowest BCUT2D eigenvalue weighted by molar-refractivity contribution is -0.149. The number of hydrogen-bond acceptors (Lipinski definition) is 4. The molecule has 0 spiro atoms. The average molecular weight is 315 g/mol. The smallest absolute Gasteiger partial charge is 0.310 e. The molecule has 0 radical (unpaired) electrons. The van der Waals surface area contributed by atoms with Crippen LogP contribution in [0.5, 0.6) is 5.75 Å². The lowest BCUT2D eigenvalue weighted by atomic mass is 9.94. The van der Waals surface area contributed by atoms with Crippen LogP contribution in [-0.4, -0.2) is 29.8 Å². The van der Waals surface area contributed by atoms with Crippen molar-refractivity contribution in [1.82, 2.24) is 5.32 Å². The third kappa shape index (κ3) is 2.85. The minimum Gasteiger partial charge on any atom is -0.507 e. The Labute approximate surface area is 137 Å². The van der Waals surface area contributed by atoms with Gasteiger partial charge in [0.1, 0.15) is 11.9 Å². The molecule has 2 saturated carbocycles. The van der Waals surface area contributed by atoms with Gasteiger partial charge in [-0.2, -0.15) is 0 Å². The number of benzene rings is 1. The number of piperidine rings is 1. The summed E-state index contributed by atoms with van der Waals surface area (Å²) in [6, 6.07) is 6.14. The summed E-state index contributed by atoms with van der Waals surface area (Å²) in [6.45, 7) is 0.963. The van der Waals surface area contributed by atoms with Gasteiger partial charge in [0.15, 0.2) is 0 Å². The summed E-state index contributed by atoms with van der Waals surface area (Å²) in [5, 5.41) is 14.0. The van der Waals surface area contributed by atoms with Gasteiger partial charge in [-0.25, -0.2) is 0 Å². The van der Waals surface area contributed by atoms with E-state index in [4.69, 9.17) is 4.74 Å². The molecule has 1 heterocycles. The maximum Gasteiger partial charge on any atom is 0.310 e. The predicted octanol–water partition coefficient (Wildman–Crippen LogP) is 2.89. The van der Waals surface area contributed by atoms with Gasteiger partial charge in [-0.05, 0) is 37.2 Å². The summed E-state index contributed by atoms with van der Waals surface area (Å²) in [7, 11) is 0. The van der Waals surface area contributed by atoms with Gasteiger partial charge in [0.2, 0.25) is 0 Å². The molecule has 1 saturated heterocycles. The van der Waals surface area contributed by atoms with Crippen molar-refractivity contribution in [3.63, 3.8) is 0 Å².